The number of amides is 1. The van der Waals surface area contributed by atoms with Crippen LogP contribution in [-0.2, 0) is 4.79 Å². The molecule has 1 aromatic heterocycles. The van der Waals surface area contributed by atoms with Crippen molar-refractivity contribution in [1.82, 2.24) is 4.98 Å². The minimum atomic E-state index is -0.852. The molecule has 0 bridgehead atoms. The van der Waals surface area contributed by atoms with E-state index in [1.54, 1.807) is 0 Å². The molecule has 1 heterocycles. The number of nitrogens with one attached hydrogen (secondary N) is 1. The molecule has 4 N–H and O–H groups in total. The van der Waals surface area contributed by atoms with Gasteiger partial charge < -0.3 is 16.2 Å². The van der Waals surface area contributed by atoms with Crippen LogP contribution in [0.25, 0.3) is 0 Å². The number of primary amides is 1. The number of pyridine rings is 1. The molecular weight excluding hydrogens is 246 g/mol. The summed E-state index contributed by atoms with van der Waals surface area (Å²) < 4.78 is 0. The van der Waals surface area contributed by atoms with Gasteiger partial charge in [-0.2, -0.15) is 0 Å². The van der Waals surface area contributed by atoms with Gasteiger partial charge in [-0.25, -0.2) is 4.98 Å². The third kappa shape index (κ3) is 4.28. The number of anilines is 1. The summed E-state index contributed by atoms with van der Waals surface area (Å²) in [5.41, 5.74) is 5.29. The molecule has 1 rings (SSSR count). The van der Waals surface area contributed by atoms with Crippen LogP contribution in [0.4, 0.5) is 5.82 Å². The van der Waals surface area contributed by atoms with Gasteiger partial charge >= 0.3 is 5.97 Å². The zero-order valence-corrected chi connectivity index (χ0v) is 9.70. The Morgan fingerprint density at radius 2 is 2.24 bits per heavy atom. The maximum atomic E-state index is 10.8. The first kappa shape index (κ1) is 13.2. The summed E-state index contributed by atoms with van der Waals surface area (Å²) in [4.78, 5) is 25.0. The van der Waals surface area contributed by atoms with Gasteiger partial charge in [0, 0.05) is 19.2 Å². The summed E-state index contributed by atoms with van der Waals surface area (Å²) in [6.45, 7) is 0.439. The fourth-order valence-corrected chi connectivity index (χ4v) is 1.38. The second-order valence-electron chi connectivity index (χ2n) is 3.34. The molecule has 0 aliphatic carbocycles. The van der Waals surface area contributed by atoms with Gasteiger partial charge in [0.25, 0.3) is 0 Å². The van der Waals surface area contributed by atoms with Crippen molar-refractivity contribution in [2.24, 2.45) is 5.73 Å². The van der Waals surface area contributed by atoms with Crippen molar-refractivity contribution in [3.8, 4) is 0 Å². The molecule has 0 spiro atoms. The van der Waals surface area contributed by atoms with E-state index in [1.165, 1.54) is 12.3 Å². The number of hydrogen-bond donors (Lipinski definition) is 3. The fraction of sp³-hybridized carbons (Fsp3) is 0.300. The van der Waals surface area contributed by atoms with E-state index in [9.17, 15) is 9.59 Å². The minimum absolute atomic E-state index is 0.0734. The number of rotatable bonds is 6. The Morgan fingerprint density at radius 3 is 2.76 bits per heavy atom. The van der Waals surface area contributed by atoms with Crippen LogP contribution in [0.1, 0.15) is 23.2 Å². The predicted molar refractivity (Wildman–Crippen MR) is 63.1 cm³/mol. The smallest absolute Gasteiger partial charge is 0.303 e. The topological polar surface area (TPSA) is 105 Å². The Labute approximate surface area is 103 Å². The van der Waals surface area contributed by atoms with E-state index < -0.39 is 11.9 Å². The molecule has 0 radical (unpaired) electrons. The molecule has 6 nitrogen and oxygen atoms in total. The summed E-state index contributed by atoms with van der Waals surface area (Å²) in [7, 11) is 0. The first-order valence-electron chi connectivity index (χ1n) is 4.91. The predicted octanol–water partition coefficient (Wildman–Crippen LogP) is 1.11. The van der Waals surface area contributed by atoms with Crippen LogP contribution in [0.3, 0.4) is 0 Å². The third-order valence-electron chi connectivity index (χ3n) is 1.99. The maximum absolute atomic E-state index is 10.8. The van der Waals surface area contributed by atoms with Crippen LogP contribution < -0.4 is 11.1 Å². The lowest BCUT2D eigenvalue weighted by Gasteiger charge is -2.07. The molecule has 0 aliphatic heterocycles. The molecule has 0 saturated carbocycles. The summed E-state index contributed by atoms with van der Waals surface area (Å²) in [6.07, 6.45) is 1.85. The van der Waals surface area contributed by atoms with Crippen LogP contribution in [0.5, 0.6) is 0 Å². The van der Waals surface area contributed by atoms with Crippen molar-refractivity contribution in [3.63, 3.8) is 0 Å². The molecular formula is C10H12ClN3O3. The second-order valence-corrected chi connectivity index (χ2v) is 3.75. The van der Waals surface area contributed by atoms with E-state index in [0.29, 0.717) is 18.8 Å². The quantitative estimate of drug-likeness (QED) is 0.662. The summed E-state index contributed by atoms with van der Waals surface area (Å²) >= 11 is 5.87. The van der Waals surface area contributed by atoms with Gasteiger partial charge in [-0.3, -0.25) is 9.59 Å². The maximum Gasteiger partial charge on any atom is 0.303 e. The summed E-state index contributed by atoms with van der Waals surface area (Å²) in [5.74, 6) is -1.05. The van der Waals surface area contributed by atoms with Gasteiger partial charge in [0.15, 0.2) is 0 Å². The molecule has 0 aromatic carbocycles. The largest absolute Gasteiger partial charge is 0.481 e. The monoisotopic (exact) mass is 257 g/mol. The van der Waals surface area contributed by atoms with Crippen LogP contribution in [0.15, 0.2) is 12.3 Å². The number of aromatic nitrogens is 1. The van der Waals surface area contributed by atoms with Crippen LogP contribution in [0, 0.1) is 0 Å². The van der Waals surface area contributed by atoms with E-state index in [-0.39, 0.29) is 17.0 Å². The SMILES string of the molecule is NC(=O)c1cnc(NCCCC(=O)O)c(Cl)c1. The van der Waals surface area contributed by atoms with Crippen molar-refractivity contribution < 1.29 is 14.7 Å². The lowest BCUT2D eigenvalue weighted by molar-refractivity contribution is -0.137. The fourth-order valence-electron chi connectivity index (χ4n) is 1.15. The van der Waals surface area contributed by atoms with Gasteiger partial charge in [-0.05, 0) is 12.5 Å². The molecule has 0 fully saturated rings. The highest BCUT2D eigenvalue weighted by Crippen LogP contribution is 2.19. The van der Waals surface area contributed by atoms with Crippen molar-refractivity contribution in [2.75, 3.05) is 11.9 Å². The number of carbonyl (C=O) groups excluding carboxylic acids is 1. The average molecular weight is 258 g/mol. The number of halogens is 1. The normalized spacial score (nSPS) is 9.94. The van der Waals surface area contributed by atoms with Crippen LogP contribution >= 0.6 is 11.6 Å². The number of carboxylic acid groups (broad SMARTS) is 1. The zero-order chi connectivity index (χ0) is 12.8. The molecule has 1 amide bonds. The molecule has 0 unspecified atom stereocenters. The summed E-state index contributed by atoms with van der Waals surface area (Å²) in [5, 5.41) is 11.6. The number of nitrogens with two attached hydrogens (primary N) is 1. The van der Waals surface area contributed by atoms with Gasteiger partial charge in [0.1, 0.15) is 5.82 Å². The lowest BCUT2D eigenvalue weighted by Crippen LogP contribution is -2.12. The highest BCUT2D eigenvalue weighted by Gasteiger charge is 2.06. The molecule has 7 heteroatoms. The molecule has 0 aliphatic rings. The van der Waals surface area contributed by atoms with Gasteiger partial charge in [-0.15, -0.1) is 0 Å². The second kappa shape index (κ2) is 6.05. The van der Waals surface area contributed by atoms with E-state index in [2.05, 4.69) is 10.3 Å². The highest BCUT2D eigenvalue weighted by molar-refractivity contribution is 6.33. The molecule has 17 heavy (non-hydrogen) atoms. The van der Waals surface area contributed by atoms with Crippen molar-refractivity contribution in [3.05, 3.63) is 22.8 Å². The Morgan fingerprint density at radius 1 is 1.53 bits per heavy atom. The Hall–Kier alpha value is -1.82. The molecule has 0 atom stereocenters. The Kier molecular flexibility index (Phi) is 4.71. The third-order valence-corrected chi connectivity index (χ3v) is 2.27. The van der Waals surface area contributed by atoms with Gasteiger partial charge in [-0.1, -0.05) is 11.6 Å². The number of aliphatic carboxylic acids is 1. The number of carboxylic acids is 1. The van der Waals surface area contributed by atoms with E-state index >= 15 is 0 Å². The van der Waals surface area contributed by atoms with Crippen LogP contribution in [0.2, 0.25) is 5.02 Å². The van der Waals surface area contributed by atoms with Crippen molar-refractivity contribution in [1.29, 1.82) is 0 Å². The Bertz CT molecular complexity index is 437. The van der Waals surface area contributed by atoms with E-state index in [4.69, 9.17) is 22.4 Å². The summed E-state index contributed by atoms with van der Waals surface area (Å²) in [6, 6.07) is 1.41. The lowest BCUT2D eigenvalue weighted by atomic mass is 10.2. The molecule has 0 saturated heterocycles. The van der Waals surface area contributed by atoms with Gasteiger partial charge in [0.2, 0.25) is 5.91 Å². The van der Waals surface area contributed by atoms with Gasteiger partial charge in [0.05, 0.1) is 10.6 Å². The van der Waals surface area contributed by atoms with E-state index in [1.807, 2.05) is 0 Å². The number of carbonyl (C=O) groups is 2. The first-order chi connectivity index (χ1) is 8.00. The van der Waals surface area contributed by atoms with Crippen LogP contribution in [-0.4, -0.2) is 28.5 Å². The number of hydrogen-bond acceptors (Lipinski definition) is 4. The number of nitrogens with zero attached hydrogens (tertiary/aromatic N) is 1. The zero-order valence-electron chi connectivity index (χ0n) is 8.94. The highest BCUT2D eigenvalue weighted by atomic mass is 35.5. The average Bonchev–Trinajstić information content (AvgIpc) is 2.25. The van der Waals surface area contributed by atoms with Crippen molar-refractivity contribution in [2.45, 2.75) is 12.8 Å². The first-order valence-corrected chi connectivity index (χ1v) is 5.29. The standard InChI is InChI=1S/C10H12ClN3O3/c11-7-4-6(9(12)17)5-14-10(7)13-3-1-2-8(15)16/h4-5H,1-3H2,(H2,12,17)(H,13,14)(H,15,16). The molecule has 1 aromatic rings. The minimum Gasteiger partial charge on any atom is -0.481 e. The van der Waals surface area contributed by atoms with Crippen molar-refractivity contribution >= 4 is 29.3 Å². The van der Waals surface area contributed by atoms with E-state index in [0.717, 1.165) is 0 Å². The molecule has 92 valence electrons. The Balaban J connectivity index is 2.54.